The number of nitrogens with zero attached hydrogens (tertiary/aromatic N) is 5. The summed E-state index contributed by atoms with van der Waals surface area (Å²) in [5, 5.41) is 8.54. The monoisotopic (exact) mass is 410 g/mol. The van der Waals surface area contributed by atoms with Crippen LogP contribution in [-0.4, -0.2) is 52.7 Å². The number of piperazine rings is 1. The second-order valence-electron chi connectivity index (χ2n) is 7.15. The van der Waals surface area contributed by atoms with Gasteiger partial charge in [0, 0.05) is 43.6 Å². The molecule has 0 saturated carbocycles. The summed E-state index contributed by atoms with van der Waals surface area (Å²) in [4.78, 5) is 22.1. The summed E-state index contributed by atoms with van der Waals surface area (Å²) in [7, 11) is 2.14. The van der Waals surface area contributed by atoms with Gasteiger partial charge in [-0.3, -0.25) is 4.79 Å². The third-order valence-corrected chi connectivity index (χ3v) is 5.95. The lowest BCUT2D eigenvalue weighted by atomic mass is 10.2. The highest BCUT2D eigenvalue weighted by atomic mass is 32.1. The van der Waals surface area contributed by atoms with E-state index >= 15 is 0 Å². The van der Waals surface area contributed by atoms with E-state index in [-0.39, 0.29) is 5.56 Å². The Bertz CT molecular complexity index is 1260. The third-order valence-electron chi connectivity index (χ3n) is 5.12. The van der Waals surface area contributed by atoms with Crippen LogP contribution in [0.15, 0.2) is 47.3 Å². The van der Waals surface area contributed by atoms with Gasteiger partial charge in [-0.15, -0.1) is 5.10 Å². The highest BCUT2D eigenvalue weighted by molar-refractivity contribution is 7.20. The zero-order valence-electron chi connectivity index (χ0n) is 15.8. The van der Waals surface area contributed by atoms with Crippen molar-refractivity contribution < 1.29 is 4.39 Å². The first-order chi connectivity index (χ1) is 14.1. The Morgan fingerprint density at radius 1 is 1.10 bits per heavy atom. The Morgan fingerprint density at radius 2 is 1.93 bits per heavy atom. The van der Waals surface area contributed by atoms with Crippen molar-refractivity contribution in [3.63, 3.8) is 0 Å². The summed E-state index contributed by atoms with van der Waals surface area (Å²) in [6, 6.07) is 12.1. The first-order valence-electron chi connectivity index (χ1n) is 9.36. The molecule has 2 aromatic carbocycles. The van der Waals surface area contributed by atoms with Crippen LogP contribution in [0.25, 0.3) is 15.9 Å². The molecular formula is C20H19FN6OS. The van der Waals surface area contributed by atoms with Gasteiger partial charge >= 0.3 is 0 Å². The maximum absolute atomic E-state index is 13.5. The molecule has 1 aliphatic rings. The summed E-state index contributed by atoms with van der Waals surface area (Å²) < 4.78 is 14.8. The van der Waals surface area contributed by atoms with Crippen LogP contribution in [0.1, 0.15) is 0 Å². The van der Waals surface area contributed by atoms with Crippen molar-refractivity contribution in [3.05, 3.63) is 58.6 Å². The third kappa shape index (κ3) is 3.43. The Kier molecular flexibility index (Phi) is 4.40. The highest BCUT2D eigenvalue weighted by Crippen LogP contribution is 2.26. The Morgan fingerprint density at radius 3 is 2.76 bits per heavy atom. The number of anilines is 3. The van der Waals surface area contributed by atoms with Crippen LogP contribution in [0.3, 0.4) is 0 Å². The molecule has 1 N–H and O–H groups in total. The fourth-order valence-electron chi connectivity index (χ4n) is 3.50. The molecule has 0 aliphatic carbocycles. The van der Waals surface area contributed by atoms with E-state index < -0.39 is 5.82 Å². The lowest BCUT2D eigenvalue weighted by Crippen LogP contribution is -2.44. The van der Waals surface area contributed by atoms with Gasteiger partial charge in [-0.05, 0) is 37.4 Å². The van der Waals surface area contributed by atoms with Crippen molar-refractivity contribution in [2.24, 2.45) is 0 Å². The van der Waals surface area contributed by atoms with Crippen LogP contribution >= 0.6 is 11.3 Å². The van der Waals surface area contributed by atoms with Gasteiger partial charge in [-0.2, -0.15) is 4.52 Å². The Hall–Kier alpha value is -3.04. The second-order valence-corrected chi connectivity index (χ2v) is 8.10. The molecule has 2 aromatic heterocycles. The first-order valence-corrected chi connectivity index (χ1v) is 10.2. The van der Waals surface area contributed by atoms with E-state index in [0.29, 0.717) is 21.0 Å². The molecular weight excluding hydrogens is 391 g/mol. The fourth-order valence-corrected chi connectivity index (χ4v) is 4.32. The van der Waals surface area contributed by atoms with Gasteiger partial charge in [0.15, 0.2) is 0 Å². The number of benzene rings is 2. The minimum atomic E-state index is -0.419. The summed E-state index contributed by atoms with van der Waals surface area (Å²) in [5.41, 5.74) is 2.08. The highest BCUT2D eigenvalue weighted by Gasteiger charge is 2.15. The minimum Gasteiger partial charge on any atom is -0.369 e. The topological polar surface area (TPSA) is 65.8 Å². The van der Waals surface area contributed by atoms with E-state index in [1.807, 2.05) is 12.1 Å². The molecule has 0 bridgehead atoms. The number of fused-ring (bicyclic) bond motifs is 2. The Balaban J connectivity index is 1.46. The number of aromatic nitrogens is 3. The predicted molar refractivity (Wildman–Crippen MR) is 114 cm³/mol. The zero-order valence-corrected chi connectivity index (χ0v) is 16.6. The molecule has 1 fully saturated rings. The summed E-state index contributed by atoms with van der Waals surface area (Å²) >= 11 is 1.26. The fraction of sp³-hybridized carbons (Fsp3) is 0.250. The molecule has 1 saturated heterocycles. The van der Waals surface area contributed by atoms with Gasteiger partial charge in [0.2, 0.25) is 10.1 Å². The van der Waals surface area contributed by atoms with E-state index in [4.69, 9.17) is 0 Å². The number of halogens is 1. The lowest BCUT2D eigenvalue weighted by Gasteiger charge is -2.34. The van der Waals surface area contributed by atoms with Crippen molar-refractivity contribution in [1.82, 2.24) is 19.5 Å². The molecule has 5 rings (SSSR count). The molecule has 1 aliphatic heterocycles. The lowest BCUT2D eigenvalue weighted by molar-refractivity contribution is 0.313. The smallest absolute Gasteiger partial charge is 0.283 e. The normalized spacial score (nSPS) is 15.3. The predicted octanol–water partition coefficient (Wildman–Crippen LogP) is 2.94. The molecule has 4 aromatic rings. The van der Waals surface area contributed by atoms with E-state index in [1.165, 1.54) is 34.1 Å². The molecule has 7 nitrogen and oxygen atoms in total. The summed E-state index contributed by atoms with van der Waals surface area (Å²) in [6.07, 6.45) is 0. The quantitative estimate of drug-likeness (QED) is 0.560. The van der Waals surface area contributed by atoms with Crippen LogP contribution in [0, 0.1) is 5.82 Å². The molecule has 3 heterocycles. The van der Waals surface area contributed by atoms with E-state index in [2.05, 4.69) is 44.4 Å². The van der Waals surface area contributed by atoms with E-state index in [0.717, 1.165) is 37.6 Å². The largest absolute Gasteiger partial charge is 0.369 e. The summed E-state index contributed by atoms with van der Waals surface area (Å²) in [6.45, 7) is 4.06. The average Bonchev–Trinajstić information content (AvgIpc) is 3.11. The van der Waals surface area contributed by atoms with Crippen LogP contribution in [0.4, 0.5) is 20.9 Å². The number of nitrogens with one attached hydrogen (secondary N) is 1. The second kappa shape index (κ2) is 7.09. The summed E-state index contributed by atoms with van der Waals surface area (Å²) in [5.74, 6) is -0.419. The van der Waals surface area contributed by atoms with Crippen molar-refractivity contribution >= 4 is 43.7 Å². The molecule has 0 radical (unpaired) electrons. The maximum atomic E-state index is 13.5. The van der Waals surface area contributed by atoms with Crippen LogP contribution in [0.2, 0.25) is 0 Å². The van der Waals surface area contributed by atoms with Crippen molar-refractivity contribution in [1.29, 1.82) is 0 Å². The van der Waals surface area contributed by atoms with Gasteiger partial charge in [-0.25, -0.2) is 9.37 Å². The zero-order chi connectivity index (χ0) is 20.0. The first kappa shape index (κ1) is 18.0. The van der Waals surface area contributed by atoms with Crippen LogP contribution in [-0.2, 0) is 0 Å². The van der Waals surface area contributed by atoms with Gasteiger partial charge in [0.05, 0.1) is 10.9 Å². The number of rotatable bonds is 3. The SMILES string of the molecule is CN1CCN(c2cccc(Nc3nn4c(=O)c5ccc(F)cc5nc4s3)c2)CC1. The molecule has 0 unspecified atom stereocenters. The standard InChI is InChI=1S/C20H19FN6OS/c1-25-7-9-26(10-8-25)15-4-2-3-14(12-15)22-19-24-27-18(28)16-6-5-13(21)11-17(16)23-20(27)29-19/h2-6,11-12H,7-10H2,1H3,(H,22,24). The van der Waals surface area contributed by atoms with E-state index in [9.17, 15) is 9.18 Å². The Labute approximate surface area is 170 Å². The number of likely N-dealkylation sites (N-methyl/N-ethyl adjacent to an activating group) is 1. The van der Waals surface area contributed by atoms with Gasteiger partial charge < -0.3 is 15.1 Å². The number of hydrogen-bond donors (Lipinski definition) is 1. The minimum absolute atomic E-state index is 0.305. The van der Waals surface area contributed by atoms with Gasteiger partial charge in [0.1, 0.15) is 5.82 Å². The maximum Gasteiger partial charge on any atom is 0.283 e. The molecule has 0 spiro atoms. The van der Waals surface area contributed by atoms with E-state index in [1.54, 1.807) is 0 Å². The van der Waals surface area contributed by atoms with Crippen molar-refractivity contribution in [3.8, 4) is 0 Å². The van der Waals surface area contributed by atoms with Crippen molar-refractivity contribution in [2.75, 3.05) is 43.4 Å². The van der Waals surface area contributed by atoms with Gasteiger partial charge in [-0.1, -0.05) is 17.4 Å². The van der Waals surface area contributed by atoms with Crippen molar-refractivity contribution in [2.45, 2.75) is 0 Å². The van der Waals surface area contributed by atoms with Crippen LogP contribution < -0.4 is 15.8 Å². The van der Waals surface area contributed by atoms with Gasteiger partial charge in [0.25, 0.3) is 5.56 Å². The molecule has 0 amide bonds. The average molecular weight is 410 g/mol. The number of hydrogen-bond acceptors (Lipinski definition) is 7. The molecule has 9 heteroatoms. The molecule has 29 heavy (non-hydrogen) atoms. The van der Waals surface area contributed by atoms with Crippen LogP contribution in [0.5, 0.6) is 0 Å². The molecule has 148 valence electrons. The molecule has 0 atom stereocenters.